The van der Waals surface area contributed by atoms with Crippen LogP contribution in [0.25, 0.3) is 0 Å². The molecule has 160 valence electrons. The molecule has 3 aromatic carbocycles. The summed E-state index contributed by atoms with van der Waals surface area (Å²) < 4.78 is 5.77. The number of benzene rings is 3. The van der Waals surface area contributed by atoms with Crippen molar-refractivity contribution in [1.29, 1.82) is 0 Å². The van der Waals surface area contributed by atoms with Crippen LogP contribution in [0.2, 0.25) is 0 Å². The molecule has 31 heavy (non-hydrogen) atoms. The van der Waals surface area contributed by atoms with Gasteiger partial charge in [-0.2, -0.15) is 0 Å². The van der Waals surface area contributed by atoms with E-state index in [0.717, 1.165) is 6.42 Å². The van der Waals surface area contributed by atoms with Crippen LogP contribution in [0.1, 0.15) is 47.1 Å². The van der Waals surface area contributed by atoms with E-state index in [1.807, 2.05) is 39.0 Å². The van der Waals surface area contributed by atoms with Gasteiger partial charge in [0.2, 0.25) is 0 Å². The van der Waals surface area contributed by atoms with Gasteiger partial charge in [-0.05, 0) is 68.8 Å². The Hall–Kier alpha value is -3.60. The zero-order valence-corrected chi connectivity index (χ0v) is 18.1. The van der Waals surface area contributed by atoms with E-state index in [4.69, 9.17) is 4.74 Å². The van der Waals surface area contributed by atoms with Gasteiger partial charge < -0.3 is 15.4 Å². The summed E-state index contributed by atoms with van der Waals surface area (Å²) in [6.07, 6.45) is 0.822. The molecule has 0 fully saturated rings. The van der Waals surface area contributed by atoms with Crippen LogP contribution in [0.15, 0.2) is 78.9 Å². The third kappa shape index (κ3) is 7.00. The van der Waals surface area contributed by atoms with Gasteiger partial charge in [0.1, 0.15) is 5.75 Å². The molecule has 0 aliphatic rings. The smallest absolute Gasteiger partial charge is 0.255 e. The summed E-state index contributed by atoms with van der Waals surface area (Å²) in [6, 6.07) is 24.1. The molecule has 0 unspecified atom stereocenters. The fraction of sp³-hybridized carbons (Fsp3) is 0.231. The molecule has 0 aliphatic heterocycles. The number of carbonyl (C=O) groups is 2. The maximum absolute atomic E-state index is 12.6. The van der Waals surface area contributed by atoms with Crippen LogP contribution in [0.4, 0.5) is 5.69 Å². The molecule has 0 spiro atoms. The minimum Gasteiger partial charge on any atom is -0.493 e. The second kappa shape index (κ2) is 9.94. The maximum atomic E-state index is 12.6. The fourth-order valence-electron chi connectivity index (χ4n) is 2.99. The SMILES string of the molecule is CC(C)(C)NC(=O)c1cccc(NC(=O)c2ccc(OCCc3ccccc3)cc2)c1. The average molecular weight is 417 g/mol. The highest BCUT2D eigenvalue weighted by atomic mass is 16.5. The minimum absolute atomic E-state index is 0.180. The molecule has 0 bridgehead atoms. The Bertz CT molecular complexity index is 1020. The summed E-state index contributed by atoms with van der Waals surface area (Å²) in [5.41, 5.74) is 2.46. The van der Waals surface area contributed by atoms with Crippen molar-refractivity contribution in [1.82, 2.24) is 5.32 Å². The lowest BCUT2D eigenvalue weighted by atomic mass is 10.1. The zero-order valence-electron chi connectivity index (χ0n) is 18.1. The quantitative estimate of drug-likeness (QED) is 0.564. The van der Waals surface area contributed by atoms with Crippen molar-refractivity contribution in [3.05, 3.63) is 95.6 Å². The van der Waals surface area contributed by atoms with E-state index < -0.39 is 0 Å². The molecule has 5 heteroatoms. The van der Waals surface area contributed by atoms with E-state index in [0.29, 0.717) is 29.2 Å². The van der Waals surface area contributed by atoms with E-state index in [9.17, 15) is 9.59 Å². The van der Waals surface area contributed by atoms with Crippen molar-refractivity contribution in [2.24, 2.45) is 0 Å². The number of anilines is 1. The van der Waals surface area contributed by atoms with Gasteiger partial charge in [-0.1, -0.05) is 36.4 Å². The second-order valence-corrected chi connectivity index (χ2v) is 8.35. The van der Waals surface area contributed by atoms with Crippen molar-refractivity contribution in [3.63, 3.8) is 0 Å². The zero-order chi connectivity index (χ0) is 22.3. The second-order valence-electron chi connectivity index (χ2n) is 8.35. The van der Waals surface area contributed by atoms with Gasteiger partial charge in [-0.3, -0.25) is 9.59 Å². The first kappa shape index (κ1) is 22.1. The van der Waals surface area contributed by atoms with Crippen LogP contribution in [0, 0.1) is 0 Å². The van der Waals surface area contributed by atoms with Gasteiger partial charge >= 0.3 is 0 Å². The summed E-state index contributed by atoms with van der Waals surface area (Å²) in [7, 11) is 0. The van der Waals surface area contributed by atoms with Crippen molar-refractivity contribution in [2.45, 2.75) is 32.7 Å². The number of amides is 2. The molecule has 0 saturated heterocycles. The number of ether oxygens (including phenoxy) is 1. The van der Waals surface area contributed by atoms with E-state index >= 15 is 0 Å². The molecule has 0 saturated carbocycles. The van der Waals surface area contributed by atoms with Crippen molar-refractivity contribution in [3.8, 4) is 5.75 Å². The Kier molecular flexibility index (Phi) is 7.08. The minimum atomic E-state index is -0.332. The number of hydrogen-bond donors (Lipinski definition) is 2. The molecule has 2 amide bonds. The topological polar surface area (TPSA) is 67.4 Å². The highest BCUT2D eigenvalue weighted by Gasteiger charge is 2.16. The average Bonchev–Trinajstić information content (AvgIpc) is 2.74. The van der Waals surface area contributed by atoms with Crippen molar-refractivity contribution >= 4 is 17.5 Å². The Morgan fingerprint density at radius 2 is 1.52 bits per heavy atom. The Balaban J connectivity index is 1.56. The predicted octanol–water partition coefficient (Wildman–Crippen LogP) is 5.09. The number of nitrogens with one attached hydrogen (secondary N) is 2. The van der Waals surface area contributed by atoms with E-state index in [1.165, 1.54) is 5.56 Å². The Morgan fingerprint density at radius 1 is 0.806 bits per heavy atom. The number of carbonyl (C=O) groups excluding carboxylic acids is 2. The number of hydrogen-bond acceptors (Lipinski definition) is 3. The molecule has 0 aliphatic carbocycles. The van der Waals surface area contributed by atoms with Crippen LogP contribution in [0.5, 0.6) is 5.75 Å². The van der Waals surface area contributed by atoms with Crippen LogP contribution < -0.4 is 15.4 Å². The lowest BCUT2D eigenvalue weighted by Crippen LogP contribution is -2.40. The molecule has 0 atom stereocenters. The first-order chi connectivity index (χ1) is 14.8. The van der Waals surface area contributed by atoms with Gasteiger partial charge in [0.15, 0.2) is 0 Å². The highest BCUT2D eigenvalue weighted by molar-refractivity contribution is 6.05. The summed E-state index contributed by atoms with van der Waals surface area (Å²) in [4.78, 5) is 24.9. The molecule has 0 aromatic heterocycles. The van der Waals surface area contributed by atoms with Gasteiger partial charge in [0, 0.05) is 28.8 Å². The van der Waals surface area contributed by atoms with Gasteiger partial charge in [0.25, 0.3) is 11.8 Å². The van der Waals surface area contributed by atoms with E-state index in [-0.39, 0.29) is 17.4 Å². The van der Waals surface area contributed by atoms with Crippen molar-refractivity contribution in [2.75, 3.05) is 11.9 Å². The van der Waals surface area contributed by atoms with E-state index in [1.54, 1.807) is 48.5 Å². The fourth-order valence-corrected chi connectivity index (χ4v) is 2.99. The first-order valence-corrected chi connectivity index (χ1v) is 10.3. The summed E-state index contributed by atoms with van der Waals surface area (Å²) >= 11 is 0. The first-order valence-electron chi connectivity index (χ1n) is 10.3. The van der Waals surface area contributed by atoms with Gasteiger partial charge in [-0.15, -0.1) is 0 Å². The molecule has 5 nitrogen and oxygen atoms in total. The molecular weight excluding hydrogens is 388 g/mol. The molecule has 0 heterocycles. The summed E-state index contributed by atoms with van der Waals surface area (Å²) in [5, 5.41) is 5.76. The van der Waals surface area contributed by atoms with Crippen LogP contribution >= 0.6 is 0 Å². The third-order valence-electron chi connectivity index (χ3n) is 4.49. The van der Waals surface area contributed by atoms with Crippen LogP contribution in [-0.2, 0) is 6.42 Å². The third-order valence-corrected chi connectivity index (χ3v) is 4.49. The van der Waals surface area contributed by atoms with Crippen LogP contribution in [0.3, 0.4) is 0 Å². The lowest BCUT2D eigenvalue weighted by molar-refractivity contribution is 0.0918. The van der Waals surface area contributed by atoms with E-state index in [2.05, 4.69) is 22.8 Å². The summed E-state index contributed by atoms with van der Waals surface area (Å²) in [6.45, 7) is 6.34. The Labute approximate surface area is 183 Å². The largest absolute Gasteiger partial charge is 0.493 e. The molecular formula is C26H28N2O3. The molecule has 3 aromatic rings. The number of rotatable bonds is 7. The lowest BCUT2D eigenvalue weighted by Gasteiger charge is -2.20. The predicted molar refractivity (Wildman–Crippen MR) is 124 cm³/mol. The van der Waals surface area contributed by atoms with Gasteiger partial charge in [0.05, 0.1) is 6.61 Å². The van der Waals surface area contributed by atoms with Crippen molar-refractivity contribution < 1.29 is 14.3 Å². The Morgan fingerprint density at radius 3 is 2.19 bits per heavy atom. The van der Waals surface area contributed by atoms with Gasteiger partial charge in [-0.25, -0.2) is 0 Å². The monoisotopic (exact) mass is 416 g/mol. The molecule has 2 N–H and O–H groups in total. The normalized spacial score (nSPS) is 10.9. The molecule has 3 rings (SSSR count). The highest BCUT2D eigenvalue weighted by Crippen LogP contribution is 2.16. The maximum Gasteiger partial charge on any atom is 0.255 e. The van der Waals surface area contributed by atoms with Crippen LogP contribution in [-0.4, -0.2) is 24.0 Å². The summed E-state index contributed by atoms with van der Waals surface area (Å²) in [5.74, 6) is 0.290. The molecule has 0 radical (unpaired) electrons. The standard InChI is InChI=1S/C26H28N2O3/c1-26(2,3)28-25(30)21-10-7-11-22(18-21)27-24(29)20-12-14-23(15-13-20)31-17-16-19-8-5-4-6-9-19/h4-15,18H,16-17H2,1-3H3,(H,27,29)(H,28,30).